The van der Waals surface area contributed by atoms with Crippen molar-refractivity contribution in [3.63, 3.8) is 0 Å². The summed E-state index contributed by atoms with van der Waals surface area (Å²) in [6, 6.07) is 0.435. The number of hydrogen-bond donors (Lipinski definition) is 0. The van der Waals surface area contributed by atoms with Crippen molar-refractivity contribution in [2.75, 3.05) is 26.2 Å². The Hall–Kier alpha value is -1.73. The summed E-state index contributed by atoms with van der Waals surface area (Å²) in [7, 11) is 0. The molecule has 0 bridgehead atoms. The number of aryl methyl sites for hydroxylation is 2. The van der Waals surface area contributed by atoms with Crippen molar-refractivity contribution in [2.24, 2.45) is 0 Å². The second-order valence-corrected chi connectivity index (χ2v) is 9.79. The summed E-state index contributed by atoms with van der Waals surface area (Å²) < 4.78 is 1.83. The summed E-state index contributed by atoms with van der Waals surface area (Å²) in [5.74, 6) is 0.237. The van der Waals surface area contributed by atoms with Gasteiger partial charge in [-0.25, -0.2) is 4.98 Å². The smallest absolute Gasteiger partial charge is 0.262 e. The van der Waals surface area contributed by atoms with E-state index in [1.807, 2.05) is 4.57 Å². The Morgan fingerprint density at radius 3 is 2.83 bits per heavy atom. The molecular weight excluding hydrogens is 384 g/mol. The van der Waals surface area contributed by atoms with Crippen molar-refractivity contribution in [2.45, 2.75) is 71.4 Å². The van der Waals surface area contributed by atoms with E-state index in [1.165, 1.54) is 11.3 Å². The minimum absolute atomic E-state index is 0.0824. The fourth-order valence-electron chi connectivity index (χ4n) is 5.01. The van der Waals surface area contributed by atoms with Gasteiger partial charge in [-0.15, -0.1) is 11.3 Å². The van der Waals surface area contributed by atoms with Gasteiger partial charge in [0, 0.05) is 24.0 Å². The topological polar surface area (TPSA) is 58.4 Å². The molecule has 7 heteroatoms. The first kappa shape index (κ1) is 20.5. The monoisotopic (exact) mass is 416 g/mol. The molecule has 2 aliphatic heterocycles. The van der Waals surface area contributed by atoms with E-state index in [0.717, 1.165) is 67.5 Å². The molecule has 158 valence electrons. The third kappa shape index (κ3) is 3.99. The van der Waals surface area contributed by atoms with Crippen LogP contribution in [-0.2, 0) is 11.2 Å². The molecule has 0 aromatic carbocycles. The summed E-state index contributed by atoms with van der Waals surface area (Å²) in [5.41, 5.74) is 1.22. The normalized spacial score (nSPS) is 23.6. The van der Waals surface area contributed by atoms with Crippen molar-refractivity contribution in [3.8, 4) is 0 Å². The Morgan fingerprint density at radius 1 is 1.24 bits per heavy atom. The van der Waals surface area contributed by atoms with Gasteiger partial charge in [0.25, 0.3) is 5.56 Å². The third-order valence-corrected chi connectivity index (χ3v) is 7.70. The van der Waals surface area contributed by atoms with Gasteiger partial charge in [-0.2, -0.15) is 0 Å². The average molecular weight is 417 g/mol. The Morgan fingerprint density at radius 2 is 2.07 bits per heavy atom. The molecule has 2 saturated heterocycles. The molecule has 4 heterocycles. The minimum Gasteiger partial charge on any atom is -0.339 e. The van der Waals surface area contributed by atoms with Crippen molar-refractivity contribution in [1.82, 2.24) is 19.4 Å². The summed E-state index contributed by atoms with van der Waals surface area (Å²) in [4.78, 5) is 37.1. The molecule has 2 aromatic rings. The van der Waals surface area contributed by atoms with Crippen LogP contribution in [0.15, 0.2) is 11.1 Å². The number of carbonyl (C=O) groups excluding carboxylic acids is 1. The van der Waals surface area contributed by atoms with Gasteiger partial charge in [0.05, 0.1) is 24.3 Å². The Labute approximate surface area is 176 Å². The van der Waals surface area contributed by atoms with Crippen LogP contribution in [0.4, 0.5) is 0 Å². The molecule has 2 aromatic heterocycles. The first-order chi connectivity index (χ1) is 14.0. The fourth-order valence-corrected chi connectivity index (χ4v) is 6.08. The predicted molar refractivity (Wildman–Crippen MR) is 118 cm³/mol. The molecule has 2 fully saturated rings. The molecule has 0 spiro atoms. The van der Waals surface area contributed by atoms with Crippen molar-refractivity contribution in [1.29, 1.82) is 0 Å². The zero-order chi connectivity index (χ0) is 20.5. The third-order valence-electron chi connectivity index (χ3n) is 6.65. The first-order valence-electron chi connectivity index (χ1n) is 11.0. The number of carbonyl (C=O) groups is 1. The molecule has 2 aliphatic rings. The second-order valence-electron chi connectivity index (χ2n) is 8.59. The van der Waals surface area contributed by atoms with Gasteiger partial charge in [-0.3, -0.25) is 19.1 Å². The van der Waals surface area contributed by atoms with E-state index in [4.69, 9.17) is 0 Å². The molecule has 4 rings (SSSR count). The number of aromatic nitrogens is 2. The van der Waals surface area contributed by atoms with E-state index in [1.54, 1.807) is 17.7 Å². The number of piperidine rings is 2. The van der Waals surface area contributed by atoms with Gasteiger partial charge in [0.15, 0.2) is 0 Å². The van der Waals surface area contributed by atoms with E-state index in [0.29, 0.717) is 12.6 Å². The van der Waals surface area contributed by atoms with Crippen LogP contribution in [0.5, 0.6) is 0 Å². The molecular formula is C22H32N4O2S. The molecule has 2 atom stereocenters. The van der Waals surface area contributed by atoms with Gasteiger partial charge < -0.3 is 4.90 Å². The highest BCUT2D eigenvalue weighted by molar-refractivity contribution is 7.18. The molecule has 6 nitrogen and oxygen atoms in total. The van der Waals surface area contributed by atoms with Crippen molar-refractivity contribution in [3.05, 3.63) is 27.1 Å². The summed E-state index contributed by atoms with van der Waals surface area (Å²) in [6.07, 6.45) is 7.98. The Bertz CT molecular complexity index is 950. The molecule has 0 N–H and O–H groups in total. The number of hydrogen-bond acceptors (Lipinski definition) is 5. The maximum absolute atomic E-state index is 13.3. The maximum atomic E-state index is 13.3. The largest absolute Gasteiger partial charge is 0.339 e. The van der Waals surface area contributed by atoms with Crippen LogP contribution in [0.3, 0.4) is 0 Å². The van der Waals surface area contributed by atoms with Crippen molar-refractivity contribution >= 4 is 27.5 Å². The molecule has 2 unspecified atom stereocenters. The SMILES string of the molecule is CCc1c(C)sc2ncn(C3CCCN(CC(=O)N4CCCCC4C)C3)c(=O)c12. The predicted octanol–water partition coefficient (Wildman–Crippen LogP) is 3.37. The molecule has 0 saturated carbocycles. The number of rotatable bonds is 4. The van der Waals surface area contributed by atoms with Gasteiger partial charge in [0.1, 0.15) is 4.83 Å². The van der Waals surface area contributed by atoms with Crippen LogP contribution < -0.4 is 5.56 Å². The Balaban J connectivity index is 1.52. The highest BCUT2D eigenvalue weighted by atomic mass is 32.1. The average Bonchev–Trinajstić information content (AvgIpc) is 3.04. The van der Waals surface area contributed by atoms with Gasteiger partial charge >= 0.3 is 0 Å². The number of likely N-dealkylation sites (tertiary alicyclic amines) is 2. The zero-order valence-corrected chi connectivity index (χ0v) is 18.6. The van der Waals surface area contributed by atoms with Crippen LogP contribution in [0.2, 0.25) is 0 Å². The lowest BCUT2D eigenvalue weighted by Gasteiger charge is -2.37. The molecule has 0 aliphatic carbocycles. The molecule has 29 heavy (non-hydrogen) atoms. The van der Waals surface area contributed by atoms with Gasteiger partial charge in [-0.05, 0) is 64.5 Å². The van der Waals surface area contributed by atoms with Gasteiger partial charge in [0.2, 0.25) is 5.91 Å². The highest BCUT2D eigenvalue weighted by Crippen LogP contribution is 2.28. The van der Waals surface area contributed by atoms with Crippen LogP contribution in [0.25, 0.3) is 10.2 Å². The van der Waals surface area contributed by atoms with E-state index in [9.17, 15) is 9.59 Å². The van der Waals surface area contributed by atoms with E-state index < -0.39 is 0 Å². The lowest BCUT2D eigenvalue weighted by Crippen LogP contribution is -2.49. The number of thiophene rings is 1. The highest BCUT2D eigenvalue weighted by Gasteiger charge is 2.28. The summed E-state index contributed by atoms with van der Waals surface area (Å²) in [5, 5.41) is 0.799. The zero-order valence-electron chi connectivity index (χ0n) is 17.8. The molecule has 1 amide bonds. The van der Waals surface area contributed by atoms with E-state index in [2.05, 4.69) is 35.6 Å². The van der Waals surface area contributed by atoms with Crippen LogP contribution in [-0.4, -0.2) is 57.5 Å². The summed E-state index contributed by atoms with van der Waals surface area (Å²) in [6.45, 7) is 9.34. The van der Waals surface area contributed by atoms with Crippen molar-refractivity contribution < 1.29 is 4.79 Å². The quantitative estimate of drug-likeness (QED) is 0.767. The van der Waals surface area contributed by atoms with Crippen LogP contribution in [0, 0.1) is 6.92 Å². The van der Waals surface area contributed by atoms with Gasteiger partial charge in [-0.1, -0.05) is 6.92 Å². The number of amides is 1. The van der Waals surface area contributed by atoms with E-state index in [-0.39, 0.29) is 17.5 Å². The summed E-state index contributed by atoms with van der Waals surface area (Å²) >= 11 is 1.61. The second kappa shape index (κ2) is 8.56. The molecule has 0 radical (unpaired) electrons. The van der Waals surface area contributed by atoms with Crippen LogP contribution in [0.1, 0.15) is 62.4 Å². The minimum atomic E-state index is 0.0824. The number of fused-ring (bicyclic) bond motifs is 1. The Kier molecular flexibility index (Phi) is 6.06. The first-order valence-corrected chi connectivity index (χ1v) is 11.8. The lowest BCUT2D eigenvalue weighted by atomic mass is 10.0. The van der Waals surface area contributed by atoms with E-state index >= 15 is 0 Å². The maximum Gasteiger partial charge on any atom is 0.262 e. The number of nitrogens with zero attached hydrogens (tertiary/aromatic N) is 4. The fraction of sp³-hybridized carbons (Fsp3) is 0.682. The van der Waals surface area contributed by atoms with Crippen LogP contribution >= 0.6 is 11.3 Å². The lowest BCUT2D eigenvalue weighted by molar-refractivity contribution is -0.136. The standard InChI is InChI=1S/C22H32N4O2S/c1-4-18-16(3)29-21-20(18)22(28)26(14-23-21)17-9-7-10-24(12-17)13-19(27)25-11-6-5-8-15(25)2/h14-15,17H,4-13H2,1-3H3.